The summed E-state index contributed by atoms with van der Waals surface area (Å²) in [6.45, 7) is 1.88. The fourth-order valence-electron chi connectivity index (χ4n) is 3.56. The number of amides is 1. The molecule has 0 unspecified atom stereocenters. The molecule has 0 bridgehead atoms. The molecule has 1 aromatic heterocycles. The standard InChI is InChI=1S/C22H21F3N4O2/c23-22(24,25)17-8-4-7-16(13-17)20-27-19(31-28-20)14-29-11-9-18(10-12-29)26-21(30)15-5-2-1-3-6-15/h1-8,13,18H,9-12,14H2,(H,26,30). The Bertz CT molecular complexity index is 1030. The highest BCUT2D eigenvalue weighted by Gasteiger charge is 2.31. The summed E-state index contributed by atoms with van der Waals surface area (Å²) in [5.74, 6) is 0.395. The number of likely N-dealkylation sites (tertiary alicyclic amines) is 1. The molecule has 2 heterocycles. The minimum absolute atomic E-state index is 0.0818. The number of nitrogens with one attached hydrogen (secondary N) is 1. The lowest BCUT2D eigenvalue weighted by Crippen LogP contribution is -2.44. The minimum atomic E-state index is -4.43. The van der Waals surface area contributed by atoms with Crippen LogP contribution in [0.3, 0.4) is 0 Å². The molecule has 0 saturated carbocycles. The number of aromatic nitrogens is 2. The van der Waals surface area contributed by atoms with Crippen LogP contribution >= 0.6 is 0 Å². The average Bonchev–Trinajstić information content (AvgIpc) is 3.24. The van der Waals surface area contributed by atoms with E-state index < -0.39 is 11.7 Å². The van der Waals surface area contributed by atoms with Gasteiger partial charge in [0.15, 0.2) is 0 Å². The van der Waals surface area contributed by atoms with Gasteiger partial charge in [0.05, 0.1) is 12.1 Å². The van der Waals surface area contributed by atoms with Crippen molar-refractivity contribution in [3.05, 3.63) is 71.6 Å². The van der Waals surface area contributed by atoms with Gasteiger partial charge in [0, 0.05) is 30.3 Å². The number of rotatable bonds is 5. The van der Waals surface area contributed by atoms with E-state index in [9.17, 15) is 18.0 Å². The summed E-state index contributed by atoms with van der Waals surface area (Å²) in [6.07, 6.45) is -2.86. The fraction of sp³-hybridized carbons (Fsp3) is 0.318. The normalized spacial score (nSPS) is 15.7. The summed E-state index contributed by atoms with van der Waals surface area (Å²) in [5.41, 5.74) is 0.140. The van der Waals surface area contributed by atoms with Gasteiger partial charge in [-0.05, 0) is 37.1 Å². The molecule has 1 saturated heterocycles. The van der Waals surface area contributed by atoms with Crippen molar-refractivity contribution in [1.82, 2.24) is 20.4 Å². The topological polar surface area (TPSA) is 71.3 Å². The number of piperidine rings is 1. The van der Waals surface area contributed by atoms with Gasteiger partial charge in [-0.3, -0.25) is 9.69 Å². The van der Waals surface area contributed by atoms with Gasteiger partial charge in [-0.1, -0.05) is 35.5 Å². The molecule has 4 rings (SSSR count). The Labute approximate surface area is 177 Å². The van der Waals surface area contributed by atoms with Crippen molar-refractivity contribution >= 4 is 5.91 Å². The molecule has 1 aliphatic heterocycles. The monoisotopic (exact) mass is 430 g/mol. The van der Waals surface area contributed by atoms with Crippen LogP contribution < -0.4 is 5.32 Å². The van der Waals surface area contributed by atoms with Crippen molar-refractivity contribution in [2.75, 3.05) is 13.1 Å². The molecule has 1 fully saturated rings. The predicted octanol–water partition coefficient (Wildman–Crippen LogP) is 4.15. The summed E-state index contributed by atoms with van der Waals surface area (Å²) < 4.78 is 44.0. The van der Waals surface area contributed by atoms with E-state index in [1.54, 1.807) is 12.1 Å². The van der Waals surface area contributed by atoms with E-state index in [-0.39, 0.29) is 23.3 Å². The lowest BCUT2D eigenvalue weighted by molar-refractivity contribution is -0.137. The zero-order valence-electron chi connectivity index (χ0n) is 16.6. The van der Waals surface area contributed by atoms with Crippen LogP contribution in [0.1, 0.15) is 34.7 Å². The van der Waals surface area contributed by atoms with Gasteiger partial charge in [0.1, 0.15) is 0 Å². The van der Waals surface area contributed by atoms with Crippen molar-refractivity contribution in [3.8, 4) is 11.4 Å². The third-order valence-electron chi connectivity index (χ3n) is 5.23. The molecular formula is C22H21F3N4O2. The van der Waals surface area contributed by atoms with Crippen molar-refractivity contribution < 1.29 is 22.5 Å². The molecule has 6 nitrogen and oxygen atoms in total. The zero-order valence-corrected chi connectivity index (χ0v) is 16.6. The van der Waals surface area contributed by atoms with E-state index in [0.29, 0.717) is 18.0 Å². The molecule has 1 amide bonds. The van der Waals surface area contributed by atoms with E-state index in [4.69, 9.17) is 4.52 Å². The smallest absolute Gasteiger partial charge is 0.349 e. The first kappa shape index (κ1) is 21.0. The van der Waals surface area contributed by atoms with Crippen LogP contribution in [-0.2, 0) is 12.7 Å². The van der Waals surface area contributed by atoms with Crippen LogP contribution in [0.25, 0.3) is 11.4 Å². The first-order chi connectivity index (χ1) is 14.9. The molecule has 0 atom stereocenters. The number of nitrogens with zero attached hydrogens (tertiary/aromatic N) is 3. The number of alkyl halides is 3. The third kappa shape index (κ3) is 5.29. The highest BCUT2D eigenvalue weighted by Crippen LogP contribution is 2.31. The van der Waals surface area contributed by atoms with Gasteiger partial charge in [-0.2, -0.15) is 18.2 Å². The second-order valence-electron chi connectivity index (χ2n) is 7.48. The highest BCUT2D eigenvalue weighted by atomic mass is 19.4. The summed E-state index contributed by atoms with van der Waals surface area (Å²) >= 11 is 0. The van der Waals surface area contributed by atoms with Crippen LogP contribution in [-0.4, -0.2) is 40.1 Å². The van der Waals surface area contributed by atoms with Crippen molar-refractivity contribution in [1.29, 1.82) is 0 Å². The Morgan fingerprint density at radius 1 is 1.10 bits per heavy atom. The van der Waals surface area contributed by atoms with E-state index in [0.717, 1.165) is 38.1 Å². The van der Waals surface area contributed by atoms with Gasteiger partial charge >= 0.3 is 6.18 Å². The Balaban J connectivity index is 1.31. The summed E-state index contributed by atoms with van der Waals surface area (Å²) in [5, 5.41) is 6.88. The molecule has 3 aromatic rings. The lowest BCUT2D eigenvalue weighted by atomic mass is 10.0. The van der Waals surface area contributed by atoms with E-state index in [1.165, 1.54) is 12.1 Å². The van der Waals surface area contributed by atoms with Crippen molar-refractivity contribution in [2.45, 2.75) is 31.6 Å². The number of benzene rings is 2. The molecule has 0 spiro atoms. The van der Waals surface area contributed by atoms with Crippen molar-refractivity contribution in [3.63, 3.8) is 0 Å². The number of carbonyl (C=O) groups is 1. The molecule has 31 heavy (non-hydrogen) atoms. The lowest BCUT2D eigenvalue weighted by Gasteiger charge is -2.31. The number of carbonyl (C=O) groups excluding carboxylic acids is 1. The van der Waals surface area contributed by atoms with E-state index in [2.05, 4.69) is 20.4 Å². The molecular weight excluding hydrogens is 409 g/mol. The van der Waals surface area contributed by atoms with Crippen LogP contribution in [0, 0.1) is 0 Å². The Hall–Kier alpha value is -3.20. The predicted molar refractivity (Wildman–Crippen MR) is 107 cm³/mol. The van der Waals surface area contributed by atoms with E-state index in [1.807, 2.05) is 18.2 Å². The SMILES string of the molecule is O=C(NC1CCN(Cc2nc(-c3cccc(C(F)(F)F)c3)no2)CC1)c1ccccc1. The fourth-order valence-corrected chi connectivity index (χ4v) is 3.56. The Morgan fingerprint density at radius 2 is 1.84 bits per heavy atom. The summed E-state index contributed by atoms with van der Waals surface area (Å²) in [4.78, 5) is 18.6. The van der Waals surface area contributed by atoms with Crippen LogP contribution in [0.15, 0.2) is 59.1 Å². The highest BCUT2D eigenvalue weighted by molar-refractivity contribution is 5.94. The second kappa shape index (κ2) is 8.89. The molecule has 0 aliphatic carbocycles. The van der Waals surface area contributed by atoms with Gasteiger partial charge in [0.2, 0.25) is 11.7 Å². The van der Waals surface area contributed by atoms with Gasteiger partial charge in [-0.15, -0.1) is 0 Å². The minimum Gasteiger partial charge on any atom is -0.349 e. The number of hydrogen-bond acceptors (Lipinski definition) is 5. The van der Waals surface area contributed by atoms with Gasteiger partial charge in [0.25, 0.3) is 5.91 Å². The number of halogens is 3. The maximum absolute atomic E-state index is 12.9. The van der Waals surface area contributed by atoms with Crippen LogP contribution in [0.4, 0.5) is 13.2 Å². The quantitative estimate of drug-likeness (QED) is 0.659. The molecule has 2 aromatic carbocycles. The second-order valence-corrected chi connectivity index (χ2v) is 7.48. The van der Waals surface area contributed by atoms with Crippen molar-refractivity contribution in [2.24, 2.45) is 0 Å². The number of hydrogen-bond donors (Lipinski definition) is 1. The van der Waals surface area contributed by atoms with Crippen LogP contribution in [0.2, 0.25) is 0 Å². The average molecular weight is 430 g/mol. The maximum Gasteiger partial charge on any atom is 0.416 e. The van der Waals surface area contributed by atoms with Crippen LogP contribution in [0.5, 0.6) is 0 Å². The molecule has 9 heteroatoms. The molecule has 162 valence electrons. The molecule has 0 radical (unpaired) electrons. The largest absolute Gasteiger partial charge is 0.416 e. The first-order valence-electron chi connectivity index (χ1n) is 9.97. The zero-order chi connectivity index (χ0) is 21.8. The molecule has 1 N–H and O–H groups in total. The third-order valence-corrected chi connectivity index (χ3v) is 5.23. The maximum atomic E-state index is 12.9. The Kier molecular flexibility index (Phi) is 6.03. The summed E-state index contributed by atoms with van der Waals surface area (Å²) in [7, 11) is 0. The van der Waals surface area contributed by atoms with Gasteiger partial charge in [-0.25, -0.2) is 0 Å². The van der Waals surface area contributed by atoms with Gasteiger partial charge < -0.3 is 9.84 Å². The van der Waals surface area contributed by atoms with E-state index >= 15 is 0 Å². The molecule has 1 aliphatic rings. The first-order valence-corrected chi connectivity index (χ1v) is 9.97. The Morgan fingerprint density at radius 3 is 2.55 bits per heavy atom. The summed E-state index contributed by atoms with van der Waals surface area (Å²) in [6, 6.07) is 14.0.